The Balaban J connectivity index is 2.99. The molecule has 3 N–H and O–H groups in total. The Kier molecular flexibility index (Phi) is 3.74. The molecule has 0 aromatic carbocycles. The number of aromatic nitrogens is 1. The predicted molar refractivity (Wildman–Crippen MR) is 55.9 cm³/mol. The van der Waals surface area contributed by atoms with Crippen LogP contribution in [0.3, 0.4) is 0 Å². The lowest BCUT2D eigenvalue weighted by Gasteiger charge is -2.19. The highest BCUT2D eigenvalue weighted by Gasteiger charge is 2.32. The standard InChI is InChI=1S/C10H14F3N3/c1-6-3-7(9(14)16-5-6)8(15-2)4-10(11,12)13/h3,5,8,15H,4H2,1-2H3,(H2,14,16). The average molecular weight is 233 g/mol. The van der Waals surface area contributed by atoms with Crippen molar-refractivity contribution in [3.05, 3.63) is 23.4 Å². The van der Waals surface area contributed by atoms with Crippen molar-refractivity contribution in [2.24, 2.45) is 0 Å². The lowest BCUT2D eigenvalue weighted by Crippen LogP contribution is -2.24. The third-order valence-corrected chi connectivity index (χ3v) is 2.25. The van der Waals surface area contributed by atoms with Crippen LogP contribution in [0.1, 0.15) is 23.6 Å². The Morgan fingerprint density at radius 3 is 2.62 bits per heavy atom. The number of nitrogens with zero attached hydrogens (tertiary/aromatic N) is 1. The molecule has 0 bridgehead atoms. The van der Waals surface area contributed by atoms with Gasteiger partial charge in [0.2, 0.25) is 0 Å². The van der Waals surface area contributed by atoms with Gasteiger partial charge in [0, 0.05) is 17.8 Å². The topological polar surface area (TPSA) is 50.9 Å². The second kappa shape index (κ2) is 4.69. The molecule has 0 saturated heterocycles. The van der Waals surface area contributed by atoms with E-state index in [2.05, 4.69) is 10.3 Å². The first kappa shape index (κ1) is 12.8. The minimum absolute atomic E-state index is 0.134. The fourth-order valence-corrected chi connectivity index (χ4v) is 1.48. The highest BCUT2D eigenvalue weighted by atomic mass is 19.4. The van der Waals surface area contributed by atoms with E-state index in [0.717, 1.165) is 5.56 Å². The number of nitrogens with two attached hydrogens (primary N) is 1. The zero-order valence-electron chi connectivity index (χ0n) is 9.10. The minimum Gasteiger partial charge on any atom is -0.383 e. The first-order chi connectivity index (χ1) is 7.33. The normalized spacial score (nSPS) is 13.8. The van der Waals surface area contributed by atoms with Gasteiger partial charge in [-0.05, 0) is 25.6 Å². The Bertz CT molecular complexity index is 363. The number of nitrogens with one attached hydrogen (secondary N) is 1. The van der Waals surface area contributed by atoms with Gasteiger partial charge in [-0.2, -0.15) is 13.2 Å². The van der Waals surface area contributed by atoms with E-state index in [4.69, 9.17) is 5.73 Å². The highest BCUT2D eigenvalue weighted by Crippen LogP contribution is 2.31. The van der Waals surface area contributed by atoms with E-state index in [1.807, 2.05) is 0 Å². The number of rotatable bonds is 3. The van der Waals surface area contributed by atoms with Crippen LogP contribution in [0.25, 0.3) is 0 Å². The summed E-state index contributed by atoms with van der Waals surface area (Å²) in [6.45, 7) is 1.76. The summed E-state index contributed by atoms with van der Waals surface area (Å²) >= 11 is 0. The van der Waals surface area contributed by atoms with Gasteiger partial charge in [-0.1, -0.05) is 0 Å². The molecule has 0 spiro atoms. The molecule has 1 aromatic rings. The Morgan fingerprint density at radius 2 is 2.12 bits per heavy atom. The maximum absolute atomic E-state index is 12.3. The number of aryl methyl sites for hydroxylation is 1. The van der Waals surface area contributed by atoms with Crippen LogP contribution in [-0.2, 0) is 0 Å². The first-order valence-electron chi connectivity index (χ1n) is 4.79. The van der Waals surface area contributed by atoms with Crippen LogP contribution < -0.4 is 11.1 Å². The summed E-state index contributed by atoms with van der Waals surface area (Å²) in [5, 5.41) is 2.60. The Hall–Kier alpha value is -1.30. The smallest absolute Gasteiger partial charge is 0.383 e. The summed E-state index contributed by atoms with van der Waals surface area (Å²) in [6, 6.07) is 0.766. The monoisotopic (exact) mass is 233 g/mol. The second-order valence-corrected chi connectivity index (χ2v) is 3.65. The number of anilines is 1. The number of pyridine rings is 1. The van der Waals surface area contributed by atoms with Crippen molar-refractivity contribution in [3.8, 4) is 0 Å². The zero-order valence-corrected chi connectivity index (χ0v) is 9.10. The van der Waals surface area contributed by atoms with Crippen molar-refractivity contribution in [1.82, 2.24) is 10.3 Å². The SMILES string of the molecule is CNC(CC(F)(F)F)c1cc(C)cnc1N. The van der Waals surface area contributed by atoms with E-state index in [0.29, 0.717) is 5.56 Å². The van der Waals surface area contributed by atoms with Crippen molar-refractivity contribution in [3.63, 3.8) is 0 Å². The Labute approximate surface area is 91.9 Å². The van der Waals surface area contributed by atoms with Gasteiger partial charge >= 0.3 is 6.18 Å². The number of hydrogen-bond acceptors (Lipinski definition) is 3. The van der Waals surface area contributed by atoms with Gasteiger partial charge in [-0.15, -0.1) is 0 Å². The van der Waals surface area contributed by atoms with Gasteiger partial charge in [-0.3, -0.25) is 0 Å². The molecule has 0 aliphatic rings. The van der Waals surface area contributed by atoms with Crippen LogP contribution in [0.4, 0.5) is 19.0 Å². The van der Waals surface area contributed by atoms with Gasteiger partial charge < -0.3 is 11.1 Å². The molecule has 1 atom stereocenters. The summed E-state index contributed by atoms with van der Waals surface area (Å²) < 4.78 is 36.9. The van der Waals surface area contributed by atoms with E-state index in [1.54, 1.807) is 13.0 Å². The molecule has 3 nitrogen and oxygen atoms in total. The highest BCUT2D eigenvalue weighted by molar-refractivity contribution is 5.43. The number of alkyl halides is 3. The lowest BCUT2D eigenvalue weighted by molar-refractivity contribution is -0.140. The van der Waals surface area contributed by atoms with Crippen molar-refractivity contribution in [2.45, 2.75) is 25.6 Å². The van der Waals surface area contributed by atoms with Crippen LogP contribution in [0.15, 0.2) is 12.3 Å². The number of nitrogen functional groups attached to an aromatic ring is 1. The largest absolute Gasteiger partial charge is 0.390 e. The van der Waals surface area contributed by atoms with Crippen molar-refractivity contribution < 1.29 is 13.2 Å². The molecule has 90 valence electrons. The molecule has 1 unspecified atom stereocenters. The predicted octanol–water partition coefficient (Wildman–Crippen LogP) is 2.19. The summed E-state index contributed by atoms with van der Waals surface area (Å²) in [5.74, 6) is 0.134. The molecule has 0 radical (unpaired) electrons. The van der Waals surface area contributed by atoms with Crippen molar-refractivity contribution in [1.29, 1.82) is 0 Å². The molecule has 0 aliphatic heterocycles. The van der Waals surface area contributed by atoms with Gasteiger partial charge in [0.1, 0.15) is 5.82 Å². The maximum Gasteiger partial charge on any atom is 0.390 e. The summed E-state index contributed by atoms with van der Waals surface area (Å²) in [6.07, 6.45) is -3.66. The van der Waals surface area contributed by atoms with Crippen LogP contribution in [0.5, 0.6) is 0 Å². The fourth-order valence-electron chi connectivity index (χ4n) is 1.48. The molecule has 0 aliphatic carbocycles. The minimum atomic E-state index is -4.23. The number of hydrogen-bond donors (Lipinski definition) is 2. The molecule has 1 rings (SSSR count). The van der Waals surface area contributed by atoms with Crippen molar-refractivity contribution in [2.75, 3.05) is 12.8 Å². The third kappa shape index (κ3) is 3.37. The van der Waals surface area contributed by atoms with E-state index in [1.165, 1.54) is 13.2 Å². The van der Waals surface area contributed by atoms with Gasteiger partial charge in [-0.25, -0.2) is 4.98 Å². The van der Waals surface area contributed by atoms with Crippen LogP contribution in [0, 0.1) is 6.92 Å². The third-order valence-electron chi connectivity index (χ3n) is 2.25. The van der Waals surface area contributed by atoms with Crippen molar-refractivity contribution >= 4 is 5.82 Å². The van der Waals surface area contributed by atoms with E-state index in [9.17, 15) is 13.2 Å². The fraction of sp³-hybridized carbons (Fsp3) is 0.500. The van der Waals surface area contributed by atoms with E-state index >= 15 is 0 Å². The molecular formula is C10H14F3N3. The zero-order chi connectivity index (χ0) is 12.3. The van der Waals surface area contributed by atoms with Crippen LogP contribution >= 0.6 is 0 Å². The molecule has 0 amide bonds. The van der Waals surface area contributed by atoms with Crippen LogP contribution in [0.2, 0.25) is 0 Å². The number of halogens is 3. The average Bonchev–Trinajstić information content (AvgIpc) is 2.17. The molecule has 6 heteroatoms. The molecule has 1 aromatic heterocycles. The molecule has 0 saturated carbocycles. The van der Waals surface area contributed by atoms with Crippen LogP contribution in [-0.4, -0.2) is 18.2 Å². The molecule has 1 heterocycles. The van der Waals surface area contributed by atoms with E-state index in [-0.39, 0.29) is 5.82 Å². The van der Waals surface area contributed by atoms with Gasteiger partial charge in [0.15, 0.2) is 0 Å². The maximum atomic E-state index is 12.3. The lowest BCUT2D eigenvalue weighted by atomic mass is 10.0. The molecule has 0 fully saturated rings. The summed E-state index contributed by atoms with van der Waals surface area (Å²) in [4.78, 5) is 3.85. The second-order valence-electron chi connectivity index (χ2n) is 3.65. The Morgan fingerprint density at radius 1 is 1.50 bits per heavy atom. The quantitative estimate of drug-likeness (QED) is 0.841. The summed E-state index contributed by atoms with van der Waals surface area (Å²) in [7, 11) is 1.47. The van der Waals surface area contributed by atoms with Gasteiger partial charge in [0.25, 0.3) is 0 Å². The van der Waals surface area contributed by atoms with E-state index < -0.39 is 18.6 Å². The summed E-state index contributed by atoms with van der Waals surface area (Å²) in [5.41, 5.74) is 6.74. The molecular weight excluding hydrogens is 219 g/mol. The first-order valence-corrected chi connectivity index (χ1v) is 4.79. The van der Waals surface area contributed by atoms with Gasteiger partial charge in [0.05, 0.1) is 6.42 Å². The molecule has 16 heavy (non-hydrogen) atoms.